The van der Waals surface area contributed by atoms with E-state index in [2.05, 4.69) is 28.3 Å². The van der Waals surface area contributed by atoms with Gasteiger partial charge >= 0.3 is 0 Å². The number of nitro benzene ring substituents is 1. The molecule has 0 aromatic heterocycles. The van der Waals surface area contributed by atoms with Crippen molar-refractivity contribution in [1.29, 1.82) is 0 Å². The van der Waals surface area contributed by atoms with E-state index < -0.39 is 4.92 Å². The van der Waals surface area contributed by atoms with Crippen molar-refractivity contribution in [2.24, 2.45) is 0 Å². The van der Waals surface area contributed by atoms with E-state index in [0.717, 1.165) is 18.4 Å². The summed E-state index contributed by atoms with van der Waals surface area (Å²) in [5.74, 6) is 2.51. The number of benzene rings is 2. The van der Waals surface area contributed by atoms with Crippen LogP contribution in [0.15, 0.2) is 42.5 Å². The molecule has 0 saturated heterocycles. The highest BCUT2D eigenvalue weighted by Crippen LogP contribution is 2.35. The zero-order valence-corrected chi connectivity index (χ0v) is 15.9. The normalized spacial score (nSPS) is 15.1. The van der Waals surface area contributed by atoms with Gasteiger partial charge in [0.1, 0.15) is 0 Å². The molecule has 28 heavy (non-hydrogen) atoms. The molecular formula is C22H23N3O3. The topological polar surface area (TPSA) is 75.5 Å². The van der Waals surface area contributed by atoms with E-state index in [9.17, 15) is 14.9 Å². The van der Waals surface area contributed by atoms with Gasteiger partial charge in [0.2, 0.25) is 5.91 Å². The lowest BCUT2D eigenvalue weighted by molar-refractivity contribution is -0.384. The highest BCUT2D eigenvalue weighted by molar-refractivity contribution is 5.92. The number of terminal acetylenes is 1. The third-order valence-corrected chi connectivity index (χ3v) is 5.17. The molecule has 0 heterocycles. The molecule has 0 aliphatic heterocycles. The van der Waals surface area contributed by atoms with E-state index in [1.165, 1.54) is 23.3 Å². The molecule has 3 rings (SSSR count). The third-order valence-electron chi connectivity index (χ3n) is 5.17. The summed E-state index contributed by atoms with van der Waals surface area (Å²) in [6.45, 7) is 2.81. The highest BCUT2D eigenvalue weighted by Gasteiger charge is 2.27. The Hall–Kier alpha value is -3.17. The monoisotopic (exact) mass is 377 g/mol. The maximum absolute atomic E-state index is 12.5. The molecule has 1 N–H and O–H groups in total. The second-order valence-corrected chi connectivity index (χ2v) is 6.98. The fraction of sp³-hybridized carbons (Fsp3) is 0.318. The highest BCUT2D eigenvalue weighted by atomic mass is 16.6. The first-order valence-corrected chi connectivity index (χ1v) is 9.30. The number of nitrogens with one attached hydrogen (secondary N) is 1. The summed E-state index contributed by atoms with van der Waals surface area (Å²) in [7, 11) is 0. The first-order valence-electron chi connectivity index (χ1n) is 9.30. The Labute approximate surface area is 164 Å². The predicted octanol–water partition coefficient (Wildman–Crippen LogP) is 3.85. The quantitative estimate of drug-likeness (QED) is 0.452. The predicted molar refractivity (Wildman–Crippen MR) is 109 cm³/mol. The molecule has 6 heteroatoms. The van der Waals surface area contributed by atoms with Crippen LogP contribution in [0.1, 0.15) is 35.6 Å². The first-order chi connectivity index (χ1) is 13.5. The minimum absolute atomic E-state index is 0.0441. The van der Waals surface area contributed by atoms with Gasteiger partial charge < -0.3 is 5.32 Å². The lowest BCUT2D eigenvalue weighted by Gasteiger charge is -2.27. The van der Waals surface area contributed by atoms with Gasteiger partial charge in [0.05, 0.1) is 17.2 Å². The van der Waals surface area contributed by atoms with Crippen LogP contribution >= 0.6 is 0 Å². The van der Waals surface area contributed by atoms with Gasteiger partial charge in [-0.25, -0.2) is 0 Å². The maximum Gasteiger partial charge on any atom is 0.271 e. The molecular weight excluding hydrogens is 354 g/mol. The van der Waals surface area contributed by atoms with Gasteiger partial charge in [0.25, 0.3) is 5.69 Å². The van der Waals surface area contributed by atoms with E-state index in [1.54, 1.807) is 13.0 Å². The molecule has 2 aromatic rings. The van der Waals surface area contributed by atoms with Crippen molar-refractivity contribution < 1.29 is 9.72 Å². The fourth-order valence-corrected chi connectivity index (χ4v) is 3.69. The Balaban J connectivity index is 1.65. The van der Waals surface area contributed by atoms with Crippen LogP contribution in [0.4, 0.5) is 11.4 Å². The summed E-state index contributed by atoms with van der Waals surface area (Å²) in [5.41, 5.74) is 3.83. The standard InChI is InChI=1S/C22H23N3O3/c1-3-13-24(21-11-9-17-6-4-5-7-19(17)21)14-12-22(26)23-20-15-18(25(27)28)10-8-16(20)2/h1,4-8,10,15,21H,9,11-14H2,2H3,(H,23,26). The maximum atomic E-state index is 12.5. The SMILES string of the molecule is C#CCN(CCC(=O)Nc1cc([N+](=O)[O-])ccc1C)C1CCc2ccccc21. The molecule has 0 saturated carbocycles. The lowest BCUT2D eigenvalue weighted by Crippen LogP contribution is -2.31. The number of non-ortho nitro benzene ring substituents is 1. The number of rotatable bonds is 7. The summed E-state index contributed by atoms with van der Waals surface area (Å²) in [6, 6.07) is 13.0. The van der Waals surface area contributed by atoms with Crippen LogP contribution in [-0.4, -0.2) is 28.8 Å². The van der Waals surface area contributed by atoms with Crippen LogP contribution in [0.5, 0.6) is 0 Å². The lowest BCUT2D eigenvalue weighted by atomic mass is 10.1. The largest absolute Gasteiger partial charge is 0.326 e. The molecule has 0 fully saturated rings. The molecule has 0 radical (unpaired) electrons. The number of aryl methyl sites for hydroxylation is 2. The van der Waals surface area contributed by atoms with E-state index in [1.807, 2.05) is 12.1 Å². The number of nitrogens with zero attached hydrogens (tertiary/aromatic N) is 2. The van der Waals surface area contributed by atoms with Crippen molar-refractivity contribution in [3.05, 3.63) is 69.3 Å². The Morgan fingerprint density at radius 3 is 2.89 bits per heavy atom. The Morgan fingerprint density at radius 1 is 1.36 bits per heavy atom. The number of nitro groups is 1. The van der Waals surface area contributed by atoms with Crippen LogP contribution in [0.25, 0.3) is 0 Å². The molecule has 1 amide bonds. The summed E-state index contributed by atoms with van der Waals surface area (Å²) in [6.07, 6.45) is 7.83. The van der Waals surface area contributed by atoms with Crippen LogP contribution < -0.4 is 5.32 Å². The molecule has 1 aliphatic rings. The first kappa shape index (κ1) is 19.6. The molecule has 144 valence electrons. The number of amides is 1. The van der Waals surface area contributed by atoms with E-state index in [0.29, 0.717) is 18.8 Å². The number of carbonyl (C=O) groups excluding carboxylic acids is 1. The van der Waals surface area contributed by atoms with Crippen LogP contribution in [-0.2, 0) is 11.2 Å². The van der Waals surface area contributed by atoms with Gasteiger partial charge in [0.15, 0.2) is 0 Å². The molecule has 1 unspecified atom stereocenters. The van der Waals surface area contributed by atoms with Gasteiger partial charge in [-0.1, -0.05) is 36.3 Å². The average Bonchev–Trinajstić information content (AvgIpc) is 3.10. The molecule has 1 atom stereocenters. The number of anilines is 1. The van der Waals surface area contributed by atoms with Crippen molar-refractivity contribution in [2.45, 2.75) is 32.2 Å². The second kappa shape index (κ2) is 8.68. The summed E-state index contributed by atoms with van der Waals surface area (Å²) < 4.78 is 0. The zero-order chi connectivity index (χ0) is 20.1. The molecule has 2 aromatic carbocycles. The minimum atomic E-state index is -0.471. The van der Waals surface area contributed by atoms with Gasteiger partial charge in [-0.05, 0) is 36.5 Å². The van der Waals surface area contributed by atoms with Crippen LogP contribution in [0, 0.1) is 29.4 Å². The van der Waals surface area contributed by atoms with Crippen molar-refractivity contribution in [1.82, 2.24) is 4.90 Å². The minimum Gasteiger partial charge on any atom is -0.326 e. The van der Waals surface area contributed by atoms with Crippen molar-refractivity contribution in [3.8, 4) is 12.3 Å². The second-order valence-electron chi connectivity index (χ2n) is 6.98. The number of hydrogen-bond donors (Lipinski definition) is 1. The van der Waals surface area contributed by atoms with Crippen molar-refractivity contribution in [2.75, 3.05) is 18.4 Å². The molecule has 0 spiro atoms. The van der Waals surface area contributed by atoms with Gasteiger partial charge in [-0.3, -0.25) is 19.8 Å². The molecule has 1 aliphatic carbocycles. The number of hydrogen-bond acceptors (Lipinski definition) is 4. The fourth-order valence-electron chi connectivity index (χ4n) is 3.69. The average molecular weight is 377 g/mol. The summed E-state index contributed by atoms with van der Waals surface area (Å²) >= 11 is 0. The zero-order valence-electron chi connectivity index (χ0n) is 15.9. The van der Waals surface area contributed by atoms with E-state index in [-0.39, 0.29) is 24.1 Å². The Kier molecular flexibility index (Phi) is 6.07. The Morgan fingerprint density at radius 2 is 2.14 bits per heavy atom. The van der Waals surface area contributed by atoms with Gasteiger partial charge in [-0.15, -0.1) is 6.42 Å². The van der Waals surface area contributed by atoms with E-state index in [4.69, 9.17) is 6.42 Å². The Bertz CT molecular complexity index is 933. The number of carbonyl (C=O) groups is 1. The summed E-state index contributed by atoms with van der Waals surface area (Å²) in [4.78, 5) is 25.1. The van der Waals surface area contributed by atoms with Crippen molar-refractivity contribution >= 4 is 17.3 Å². The van der Waals surface area contributed by atoms with Crippen molar-refractivity contribution in [3.63, 3.8) is 0 Å². The summed E-state index contributed by atoms with van der Waals surface area (Å²) in [5, 5.41) is 13.7. The third kappa shape index (κ3) is 4.38. The van der Waals surface area contributed by atoms with Gasteiger partial charge in [0, 0.05) is 31.1 Å². The van der Waals surface area contributed by atoms with Gasteiger partial charge in [-0.2, -0.15) is 0 Å². The van der Waals surface area contributed by atoms with Crippen LogP contribution in [0.3, 0.4) is 0 Å². The molecule has 6 nitrogen and oxygen atoms in total. The smallest absolute Gasteiger partial charge is 0.271 e. The van der Waals surface area contributed by atoms with Crippen LogP contribution in [0.2, 0.25) is 0 Å². The number of fused-ring (bicyclic) bond motifs is 1. The molecule has 0 bridgehead atoms. The van der Waals surface area contributed by atoms with E-state index >= 15 is 0 Å².